The number of hydrogen-bond donors (Lipinski definition) is 12. The van der Waals surface area contributed by atoms with Gasteiger partial charge in [-0.15, -0.1) is 0 Å². The summed E-state index contributed by atoms with van der Waals surface area (Å²) in [5.41, 5.74) is 16.1. The Labute approximate surface area is 269 Å². The van der Waals surface area contributed by atoms with Crippen LogP contribution >= 0.6 is 0 Å². The predicted molar refractivity (Wildman–Crippen MR) is 165 cm³/mol. The molecule has 0 unspecified atom stereocenters. The highest BCUT2D eigenvalue weighted by atomic mass is 16.7. The SMILES string of the molecule is CNC1CC(O)(CNCC2=CC[C@@H](N)[C@@H](O[C@H]3[C@H](O)[C@@H](O[C@H]4OC[C@](C)(O)[C@H](NC)[C@H]4O)[C@H](NC(=O)[C@@H](O)CCN)C[C@@H]3N)O2)C1. The first-order valence-corrected chi connectivity index (χ1v) is 16.1. The Hall–Kier alpha value is -1.55. The third-order valence-corrected chi connectivity index (χ3v) is 9.46. The van der Waals surface area contributed by atoms with E-state index in [1.807, 2.05) is 13.1 Å². The highest BCUT2D eigenvalue weighted by Gasteiger charge is 2.52. The fraction of sp³-hybridized carbons (Fsp3) is 0.897. The zero-order valence-corrected chi connectivity index (χ0v) is 26.9. The van der Waals surface area contributed by atoms with Crippen LogP contribution in [-0.2, 0) is 23.7 Å². The predicted octanol–water partition coefficient (Wildman–Crippen LogP) is -5.24. The average Bonchev–Trinajstić information content (AvgIpc) is 2.98. The van der Waals surface area contributed by atoms with Crippen molar-refractivity contribution < 1.29 is 49.3 Å². The quantitative estimate of drug-likeness (QED) is 0.0828. The van der Waals surface area contributed by atoms with Crippen LogP contribution in [0.15, 0.2) is 11.8 Å². The van der Waals surface area contributed by atoms with Gasteiger partial charge in [-0.3, -0.25) is 4.79 Å². The van der Waals surface area contributed by atoms with Gasteiger partial charge in [0.2, 0.25) is 12.2 Å². The van der Waals surface area contributed by atoms with Crippen molar-refractivity contribution in [3.63, 3.8) is 0 Å². The maximum absolute atomic E-state index is 12.8. The monoisotopic (exact) mass is 661 g/mol. The van der Waals surface area contributed by atoms with Crippen molar-refractivity contribution in [3.05, 3.63) is 11.8 Å². The van der Waals surface area contributed by atoms with E-state index in [-0.39, 0.29) is 26.0 Å². The van der Waals surface area contributed by atoms with E-state index < -0.39 is 84.4 Å². The van der Waals surface area contributed by atoms with Crippen molar-refractivity contribution in [2.45, 2.75) is 124 Å². The number of likely N-dealkylation sites (N-methyl/N-ethyl adjacent to an activating group) is 1. The van der Waals surface area contributed by atoms with Crippen molar-refractivity contribution in [1.82, 2.24) is 21.3 Å². The highest BCUT2D eigenvalue weighted by molar-refractivity contribution is 5.80. The Morgan fingerprint density at radius 3 is 2.43 bits per heavy atom. The van der Waals surface area contributed by atoms with Crippen molar-refractivity contribution >= 4 is 5.91 Å². The van der Waals surface area contributed by atoms with Crippen molar-refractivity contribution in [2.75, 3.05) is 40.3 Å². The van der Waals surface area contributed by atoms with E-state index in [9.17, 15) is 30.3 Å². The van der Waals surface area contributed by atoms with Crippen LogP contribution < -0.4 is 38.5 Å². The van der Waals surface area contributed by atoms with E-state index in [1.165, 1.54) is 6.92 Å². The van der Waals surface area contributed by atoms with Gasteiger partial charge < -0.3 is 82.9 Å². The molecule has 0 bridgehead atoms. The van der Waals surface area contributed by atoms with Crippen LogP contribution in [0.25, 0.3) is 0 Å². The average molecular weight is 662 g/mol. The first kappa shape index (κ1) is 37.3. The lowest BCUT2D eigenvalue weighted by Crippen LogP contribution is -2.69. The molecule has 1 amide bonds. The zero-order chi connectivity index (χ0) is 33.8. The molecule has 0 spiro atoms. The molecular formula is C29H55N7O10. The molecule has 0 aromatic heterocycles. The summed E-state index contributed by atoms with van der Waals surface area (Å²) in [6, 6.07) is -2.87. The minimum atomic E-state index is -1.47. The highest BCUT2D eigenvalue weighted by Crippen LogP contribution is 2.33. The smallest absolute Gasteiger partial charge is 0.249 e. The number of rotatable bonds is 14. The Bertz CT molecular complexity index is 1030. The molecule has 2 aliphatic heterocycles. The second kappa shape index (κ2) is 15.8. The number of amides is 1. The summed E-state index contributed by atoms with van der Waals surface area (Å²) in [6.45, 7) is 2.12. The van der Waals surface area contributed by atoms with E-state index in [2.05, 4.69) is 21.3 Å². The Balaban J connectivity index is 1.44. The van der Waals surface area contributed by atoms with Crippen LogP contribution in [0.1, 0.15) is 39.0 Å². The molecule has 2 aliphatic carbocycles. The molecule has 2 saturated carbocycles. The molecule has 266 valence electrons. The van der Waals surface area contributed by atoms with E-state index in [1.54, 1.807) is 7.05 Å². The summed E-state index contributed by atoms with van der Waals surface area (Å²) in [6.07, 6.45) is -5.15. The number of nitrogens with one attached hydrogen (secondary N) is 4. The molecule has 17 heteroatoms. The van der Waals surface area contributed by atoms with Crippen LogP contribution in [0.2, 0.25) is 0 Å². The number of hydrogen-bond acceptors (Lipinski definition) is 16. The van der Waals surface area contributed by atoms with Crippen LogP contribution in [0.5, 0.6) is 0 Å². The van der Waals surface area contributed by atoms with E-state index in [4.69, 9.17) is 36.1 Å². The topological polar surface area (TPSA) is 281 Å². The van der Waals surface area contributed by atoms with Gasteiger partial charge >= 0.3 is 0 Å². The van der Waals surface area contributed by atoms with Gasteiger partial charge in [0.05, 0.1) is 36.9 Å². The number of carbonyl (C=O) groups is 1. The zero-order valence-electron chi connectivity index (χ0n) is 26.9. The second-order valence-electron chi connectivity index (χ2n) is 13.4. The molecule has 2 heterocycles. The lowest BCUT2D eigenvalue weighted by atomic mass is 9.75. The lowest BCUT2D eigenvalue weighted by Gasteiger charge is -2.49. The van der Waals surface area contributed by atoms with Gasteiger partial charge in [0.15, 0.2) is 6.29 Å². The Morgan fingerprint density at radius 2 is 1.78 bits per heavy atom. The van der Waals surface area contributed by atoms with Crippen LogP contribution in [0, 0.1) is 0 Å². The molecule has 4 rings (SSSR count). The van der Waals surface area contributed by atoms with Gasteiger partial charge in [0.25, 0.3) is 0 Å². The van der Waals surface area contributed by atoms with E-state index in [0.29, 0.717) is 44.2 Å². The van der Waals surface area contributed by atoms with Crippen molar-refractivity contribution in [3.8, 4) is 0 Å². The van der Waals surface area contributed by atoms with Crippen molar-refractivity contribution in [2.24, 2.45) is 17.2 Å². The number of nitrogens with two attached hydrogens (primary N) is 3. The van der Waals surface area contributed by atoms with Crippen LogP contribution in [-0.4, -0.2) is 156 Å². The molecule has 0 aromatic carbocycles. The maximum atomic E-state index is 12.8. The Morgan fingerprint density at radius 1 is 1.09 bits per heavy atom. The fourth-order valence-corrected chi connectivity index (χ4v) is 6.71. The van der Waals surface area contributed by atoms with E-state index in [0.717, 1.165) is 0 Å². The second-order valence-corrected chi connectivity index (χ2v) is 13.4. The molecule has 3 fully saturated rings. The van der Waals surface area contributed by atoms with Crippen LogP contribution in [0.3, 0.4) is 0 Å². The molecule has 1 saturated heterocycles. The summed E-state index contributed by atoms with van der Waals surface area (Å²) >= 11 is 0. The standard InChI is InChI=1S/C29H55N7O10/c1-28(41)13-43-27(21(39)24(28)34-3)46-23-18(36-25(40)19(37)6-7-30)8-17(32)22(20(23)38)45-26-16(31)5-4-15(44-26)11-35-12-29(42)9-14(10-29)33-2/h4,14,16-24,26-27,33-35,37-39,41-42H,5-13,30-32H2,1-3H3,(H,36,40)/t14?,16-,17+,18-,19+,20+,21-,22-,23+,24-,26-,27-,28+,29?/m1/s1. The normalized spacial score (nSPS) is 43.6. The first-order valence-electron chi connectivity index (χ1n) is 16.1. The minimum absolute atomic E-state index is 0.0190. The van der Waals surface area contributed by atoms with Crippen LogP contribution in [0.4, 0.5) is 0 Å². The summed E-state index contributed by atoms with van der Waals surface area (Å²) in [7, 11) is 3.44. The molecule has 15 N–H and O–H groups in total. The summed E-state index contributed by atoms with van der Waals surface area (Å²) in [5, 5.41) is 66.0. The lowest BCUT2D eigenvalue weighted by molar-refractivity contribution is -0.304. The molecular weight excluding hydrogens is 606 g/mol. The molecule has 46 heavy (non-hydrogen) atoms. The van der Waals surface area contributed by atoms with Gasteiger partial charge in [-0.1, -0.05) is 0 Å². The van der Waals surface area contributed by atoms with Gasteiger partial charge in [-0.25, -0.2) is 0 Å². The fourth-order valence-electron chi connectivity index (χ4n) is 6.71. The minimum Gasteiger partial charge on any atom is -0.467 e. The van der Waals surface area contributed by atoms with Gasteiger partial charge in [-0.2, -0.15) is 0 Å². The molecule has 17 nitrogen and oxygen atoms in total. The summed E-state index contributed by atoms with van der Waals surface area (Å²) in [5.74, 6) is -0.161. The third kappa shape index (κ3) is 8.72. The Kier molecular flexibility index (Phi) is 12.8. The molecule has 0 radical (unpaired) electrons. The molecule has 12 atom stereocenters. The number of aliphatic hydroxyl groups is 5. The molecule has 4 aliphatic rings. The van der Waals surface area contributed by atoms with Gasteiger partial charge in [-0.05, 0) is 65.7 Å². The number of ether oxygens (including phenoxy) is 4. The molecule has 0 aromatic rings. The van der Waals surface area contributed by atoms with Crippen molar-refractivity contribution in [1.29, 1.82) is 0 Å². The summed E-state index contributed by atoms with van der Waals surface area (Å²) < 4.78 is 24.0. The summed E-state index contributed by atoms with van der Waals surface area (Å²) in [4.78, 5) is 12.8. The third-order valence-electron chi connectivity index (χ3n) is 9.46. The van der Waals surface area contributed by atoms with E-state index >= 15 is 0 Å². The number of carbonyl (C=O) groups excluding carboxylic acids is 1. The maximum Gasteiger partial charge on any atom is 0.249 e. The number of aliphatic hydroxyl groups excluding tert-OH is 3. The van der Waals surface area contributed by atoms with Gasteiger partial charge in [0, 0.05) is 18.6 Å². The van der Waals surface area contributed by atoms with Gasteiger partial charge in [0.1, 0.15) is 41.9 Å². The first-order chi connectivity index (χ1) is 21.7. The largest absolute Gasteiger partial charge is 0.467 e.